The molecule has 2 aromatic heterocycles. The first-order valence-electron chi connectivity index (χ1n) is 5.97. The third-order valence-electron chi connectivity index (χ3n) is 2.74. The largest absolute Gasteiger partial charge is 0.381 e. The van der Waals surface area contributed by atoms with Crippen LogP contribution in [0.1, 0.15) is 26.5 Å². The van der Waals surface area contributed by atoms with Crippen LogP contribution in [-0.4, -0.2) is 28.4 Å². The summed E-state index contributed by atoms with van der Waals surface area (Å²) in [5.41, 5.74) is 6.26. The molecule has 2 heterocycles. The highest BCUT2D eigenvalue weighted by Gasteiger charge is 2.23. The van der Waals surface area contributed by atoms with Crippen molar-refractivity contribution in [2.75, 3.05) is 10.5 Å². The molecule has 0 atom stereocenters. The first-order chi connectivity index (χ1) is 9.09. The van der Waals surface area contributed by atoms with Crippen LogP contribution in [0.25, 0.3) is 0 Å². The predicted octanol–water partition coefficient (Wildman–Crippen LogP) is 0.824. The smallest absolute Gasteiger partial charge is 0.268 e. The molecular weight excluding hydrogens is 280 g/mol. The van der Waals surface area contributed by atoms with E-state index in [1.54, 1.807) is 13.1 Å². The van der Waals surface area contributed by atoms with E-state index in [-0.39, 0.29) is 21.9 Å². The number of sulfonamides is 1. The Morgan fingerprint density at radius 3 is 2.50 bits per heavy atom. The second-order valence-electron chi connectivity index (χ2n) is 5.57. The van der Waals surface area contributed by atoms with Crippen molar-refractivity contribution in [3.63, 3.8) is 0 Å². The minimum atomic E-state index is -3.80. The molecule has 2 rings (SSSR count). The Labute approximate surface area is 117 Å². The standard InChI is InChI=1S/C11H18N6O2S/c1-11(2,3)8-5-9(14-13-8)16-20(18,19)7-6-17(4)15-10(7)12/h5-6H,1-4H3,(H2,12,15)(H2,13,14,16). The van der Waals surface area contributed by atoms with Crippen LogP contribution in [0.15, 0.2) is 17.2 Å². The number of nitrogens with two attached hydrogens (primary N) is 1. The number of aryl methyl sites for hydroxylation is 1. The molecule has 8 nitrogen and oxygen atoms in total. The predicted molar refractivity (Wildman–Crippen MR) is 75.7 cm³/mol. The lowest BCUT2D eigenvalue weighted by atomic mass is 9.92. The zero-order valence-corrected chi connectivity index (χ0v) is 12.6. The third kappa shape index (κ3) is 2.77. The van der Waals surface area contributed by atoms with Crippen molar-refractivity contribution in [2.24, 2.45) is 7.05 Å². The fraction of sp³-hybridized carbons (Fsp3) is 0.455. The highest BCUT2D eigenvalue weighted by atomic mass is 32.2. The molecule has 0 saturated heterocycles. The number of rotatable bonds is 3. The van der Waals surface area contributed by atoms with Crippen LogP contribution in [0.2, 0.25) is 0 Å². The van der Waals surface area contributed by atoms with Gasteiger partial charge in [-0.3, -0.25) is 14.5 Å². The molecular formula is C11H18N6O2S. The van der Waals surface area contributed by atoms with Crippen LogP contribution in [0, 0.1) is 0 Å². The summed E-state index contributed by atoms with van der Waals surface area (Å²) in [6.45, 7) is 5.99. The minimum Gasteiger partial charge on any atom is -0.381 e. The molecule has 0 aromatic carbocycles. The van der Waals surface area contributed by atoms with Gasteiger partial charge in [0.2, 0.25) is 0 Å². The molecule has 0 unspecified atom stereocenters. The van der Waals surface area contributed by atoms with Gasteiger partial charge in [0.1, 0.15) is 4.90 Å². The highest BCUT2D eigenvalue weighted by Crippen LogP contribution is 2.24. The first kappa shape index (κ1) is 14.4. The molecule has 2 aromatic rings. The maximum absolute atomic E-state index is 12.2. The Morgan fingerprint density at radius 2 is 2.05 bits per heavy atom. The molecule has 0 aliphatic heterocycles. The van der Waals surface area contributed by atoms with Crippen molar-refractivity contribution in [3.8, 4) is 0 Å². The van der Waals surface area contributed by atoms with Crippen molar-refractivity contribution in [1.82, 2.24) is 20.0 Å². The summed E-state index contributed by atoms with van der Waals surface area (Å²) in [5, 5.41) is 10.6. The van der Waals surface area contributed by atoms with Crippen molar-refractivity contribution >= 4 is 21.7 Å². The lowest BCUT2D eigenvalue weighted by molar-refractivity contribution is 0.567. The molecule has 9 heteroatoms. The van der Waals surface area contributed by atoms with E-state index in [0.717, 1.165) is 5.69 Å². The molecule has 20 heavy (non-hydrogen) atoms. The van der Waals surface area contributed by atoms with Crippen LogP contribution in [-0.2, 0) is 22.5 Å². The number of nitrogens with zero attached hydrogens (tertiary/aromatic N) is 3. The van der Waals surface area contributed by atoms with E-state index in [0.29, 0.717) is 0 Å². The van der Waals surface area contributed by atoms with Crippen molar-refractivity contribution in [1.29, 1.82) is 0 Å². The Kier molecular flexibility index (Phi) is 3.24. The zero-order valence-electron chi connectivity index (χ0n) is 11.8. The highest BCUT2D eigenvalue weighted by molar-refractivity contribution is 7.92. The average Bonchev–Trinajstić information content (AvgIpc) is 2.84. The quantitative estimate of drug-likeness (QED) is 0.775. The van der Waals surface area contributed by atoms with Gasteiger partial charge in [0, 0.05) is 30.4 Å². The van der Waals surface area contributed by atoms with Gasteiger partial charge in [-0.25, -0.2) is 8.42 Å². The van der Waals surface area contributed by atoms with E-state index in [9.17, 15) is 8.42 Å². The van der Waals surface area contributed by atoms with Gasteiger partial charge in [0.15, 0.2) is 11.6 Å². The maximum Gasteiger partial charge on any atom is 0.268 e. The molecule has 0 aliphatic carbocycles. The van der Waals surface area contributed by atoms with Crippen molar-refractivity contribution < 1.29 is 8.42 Å². The monoisotopic (exact) mass is 298 g/mol. The van der Waals surface area contributed by atoms with Gasteiger partial charge < -0.3 is 5.73 Å². The van der Waals surface area contributed by atoms with E-state index in [4.69, 9.17) is 5.73 Å². The van der Waals surface area contributed by atoms with Crippen LogP contribution in [0.4, 0.5) is 11.6 Å². The number of hydrogen-bond donors (Lipinski definition) is 3. The number of nitrogens with one attached hydrogen (secondary N) is 2. The summed E-state index contributed by atoms with van der Waals surface area (Å²) in [6.07, 6.45) is 1.34. The van der Waals surface area contributed by atoms with Gasteiger partial charge in [0.25, 0.3) is 10.0 Å². The van der Waals surface area contributed by atoms with Gasteiger partial charge in [0.05, 0.1) is 0 Å². The van der Waals surface area contributed by atoms with Crippen LogP contribution < -0.4 is 10.5 Å². The van der Waals surface area contributed by atoms with Gasteiger partial charge in [-0.05, 0) is 0 Å². The average molecular weight is 298 g/mol. The van der Waals surface area contributed by atoms with Gasteiger partial charge in [-0.2, -0.15) is 10.2 Å². The van der Waals surface area contributed by atoms with Crippen LogP contribution in [0.5, 0.6) is 0 Å². The summed E-state index contributed by atoms with van der Waals surface area (Å²) in [6, 6.07) is 1.66. The molecule has 0 radical (unpaired) electrons. The number of anilines is 2. The van der Waals surface area contributed by atoms with E-state index >= 15 is 0 Å². The molecule has 0 spiro atoms. The lowest BCUT2D eigenvalue weighted by Gasteiger charge is -2.14. The Bertz CT molecular complexity index is 722. The molecule has 0 aliphatic rings. The number of aromatic nitrogens is 4. The molecule has 0 bridgehead atoms. The lowest BCUT2D eigenvalue weighted by Crippen LogP contribution is -2.14. The van der Waals surface area contributed by atoms with Gasteiger partial charge in [-0.15, -0.1) is 0 Å². The number of hydrogen-bond acceptors (Lipinski definition) is 5. The molecule has 0 fully saturated rings. The van der Waals surface area contributed by atoms with Crippen LogP contribution >= 0.6 is 0 Å². The van der Waals surface area contributed by atoms with Crippen molar-refractivity contribution in [3.05, 3.63) is 18.0 Å². The maximum atomic E-state index is 12.2. The molecule has 110 valence electrons. The normalized spacial score (nSPS) is 12.6. The molecule has 4 N–H and O–H groups in total. The summed E-state index contributed by atoms with van der Waals surface area (Å²) >= 11 is 0. The number of H-pyrrole nitrogens is 1. The number of aromatic amines is 1. The molecule has 0 saturated carbocycles. The first-order valence-corrected chi connectivity index (χ1v) is 7.46. The van der Waals surface area contributed by atoms with E-state index < -0.39 is 10.0 Å². The SMILES string of the molecule is Cn1cc(S(=O)(=O)Nc2cc(C(C)(C)C)[nH]n2)c(N)n1. The second kappa shape index (κ2) is 4.51. The van der Waals surface area contributed by atoms with E-state index in [2.05, 4.69) is 20.0 Å². The van der Waals surface area contributed by atoms with Crippen molar-refractivity contribution in [2.45, 2.75) is 31.1 Å². The summed E-state index contributed by atoms with van der Waals surface area (Å²) < 4.78 is 28.1. The van der Waals surface area contributed by atoms with Gasteiger partial charge in [-0.1, -0.05) is 20.8 Å². The van der Waals surface area contributed by atoms with Crippen LogP contribution in [0.3, 0.4) is 0 Å². The zero-order chi connectivity index (χ0) is 15.1. The minimum absolute atomic E-state index is 0.0495. The fourth-order valence-electron chi connectivity index (χ4n) is 1.64. The van der Waals surface area contributed by atoms with E-state index in [1.807, 2.05) is 20.8 Å². The summed E-state index contributed by atoms with van der Waals surface area (Å²) in [5.74, 6) is 0.171. The topological polar surface area (TPSA) is 119 Å². The fourth-order valence-corrected chi connectivity index (χ4v) is 2.74. The van der Waals surface area contributed by atoms with E-state index in [1.165, 1.54) is 10.9 Å². The summed E-state index contributed by atoms with van der Waals surface area (Å²) in [7, 11) is -2.20. The number of nitrogen functional groups attached to an aromatic ring is 1. The molecule has 0 amide bonds. The third-order valence-corrected chi connectivity index (χ3v) is 4.11. The Balaban J connectivity index is 2.29. The Hall–Kier alpha value is -2.03. The second-order valence-corrected chi connectivity index (χ2v) is 7.23. The Morgan fingerprint density at radius 1 is 1.40 bits per heavy atom. The summed E-state index contributed by atoms with van der Waals surface area (Å²) in [4.78, 5) is -0.0692. The van der Waals surface area contributed by atoms with Gasteiger partial charge >= 0.3 is 0 Å².